The van der Waals surface area contributed by atoms with Crippen LogP contribution >= 0.6 is 0 Å². The van der Waals surface area contributed by atoms with Crippen molar-refractivity contribution < 1.29 is 0 Å². The zero-order valence-corrected chi connectivity index (χ0v) is 36.6. The molecular formula is C60H33N9. The van der Waals surface area contributed by atoms with Gasteiger partial charge in [0.2, 0.25) is 0 Å². The van der Waals surface area contributed by atoms with Gasteiger partial charge >= 0.3 is 0 Å². The van der Waals surface area contributed by atoms with Crippen LogP contribution in [0, 0.1) is 34.0 Å². The van der Waals surface area contributed by atoms with Gasteiger partial charge in [-0.2, -0.15) is 15.8 Å². The standard InChI is InChI=1S/C60H33N9/c61-34-46-55(67-52-25-13-10-22-40(52)43-28-31-49(64-58(43)67)37-16-4-1-5-17-37)47(35-62)57(69-54-27-15-12-24-42(54)45-30-33-51(66-60(45)69)39-20-8-3-9-21-39)48(36-63)56(46)68-53-26-14-11-23-41(53)44-29-32-50(65-59(44)68)38-18-6-2-7-19-38/h1-33H. The predicted octanol–water partition coefficient (Wildman–Crippen LogP) is 13.8. The Morgan fingerprint density at radius 1 is 0.275 bits per heavy atom. The monoisotopic (exact) mass is 879 g/mol. The largest absolute Gasteiger partial charge is 0.291 e. The van der Waals surface area contributed by atoms with Gasteiger partial charge in [-0.15, -0.1) is 0 Å². The van der Waals surface area contributed by atoms with Crippen LogP contribution < -0.4 is 0 Å². The number of fused-ring (bicyclic) bond motifs is 9. The predicted molar refractivity (Wildman–Crippen MR) is 273 cm³/mol. The van der Waals surface area contributed by atoms with Gasteiger partial charge in [0.15, 0.2) is 0 Å². The fraction of sp³-hybridized carbons (Fsp3) is 0. The molecule has 0 radical (unpaired) electrons. The number of aromatic nitrogens is 6. The van der Waals surface area contributed by atoms with E-state index in [0.717, 1.165) is 82.6 Å². The summed E-state index contributed by atoms with van der Waals surface area (Å²) in [5.74, 6) is 0. The van der Waals surface area contributed by atoms with E-state index < -0.39 is 0 Å². The maximum absolute atomic E-state index is 12.0. The summed E-state index contributed by atoms with van der Waals surface area (Å²) in [4.78, 5) is 16.1. The zero-order chi connectivity index (χ0) is 46.2. The Labute approximate surface area is 394 Å². The molecule has 69 heavy (non-hydrogen) atoms. The van der Waals surface area contributed by atoms with Crippen molar-refractivity contribution in [1.29, 1.82) is 15.8 Å². The SMILES string of the molecule is N#Cc1c(-n2c3ccccc3c3ccc(-c4ccccc4)nc32)c(C#N)c(-n2c3ccccc3c3ccc(-c4ccccc4)nc32)c(C#N)c1-n1c2ccccc2c2ccc(-c3ccccc3)nc21. The van der Waals surface area contributed by atoms with Gasteiger partial charge in [-0.25, -0.2) is 15.0 Å². The van der Waals surface area contributed by atoms with E-state index in [4.69, 9.17) is 15.0 Å². The first kappa shape index (κ1) is 39.2. The van der Waals surface area contributed by atoms with Crippen LogP contribution in [0.1, 0.15) is 16.7 Å². The topological polar surface area (TPSA) is 125 Å². The quantitative estimate of drug-likeness (QED) is 0.164. The molecule has 9 heteroatoms. The van der Waals surface area contributed by atoms with Crippen molar-refractivity contribution in [2.45, 2.75) is 0 Å². The third-order valence-electron chi connectivity index (χ3n) is 13.2. The van der Waals surface area contributed by atoms with Crippen molar-refractivity contribution in [3.63, 3.8) is 0 Å². The Balaban J connectivity index is 1.27. The highest BCUT2D eigenvalue weighted by Gasteiger charge is 2.33. The van der Waals surface area contributed by atoms with Gasteiger partial charge in [0.05, 0.1) is 50.7 Å². The van der Waals surface area contributed by atoms with E-state index in [1.165, 1.54) is 0 Å². The highest BCUT2D eigenvalue weighted by Crippen LogP contribution is 2.45. The molecule has 0 saturated carbocycles. The van der Waals surface area contributed by atoms with Gasteiger partial charge in [-0.1, -0.05) is 146 Å². The smallest absolute Gasteiger partial charge is 0.146 e. The average Bonchev–Trinajstić information content (AvgIpc) is 4.05. The van der Waals surface area contributed by atoms with Crippen molar-refractivity contribution in [2.75, 3.05) is 0 Å². The van der Waals surface area contributed by atoms with Crippen molar-refractivity contribution in [1.82, 2.24) is 28.7 Å². The second-order valence-electron chi connectivity index (χ2n) is 16.9. The molecule has 6 aromatic heterocycles. The van der Waals surface area contributed by atoms with Crippen LogP contribution in [-0.4, -0.2) is 28.7 Å². The fourth-order valence-corrected chi connectivity index (χ4v) is 10.2. The van der Waals surface area contributed by atoms with E-state index in [-0.39, 0.29) is 33.8 Å². The second-order valence-corrected chi connectivity index (χ2v) is 16.9. The van der Waals surface area contributed by atoms with Crippen LogP contribution in [0.3, 0.4) is 0 Å². The summed E-state index contributed by atoms with van der Waals surface area (Å²) < 4.78 is 5.82. The third kappa shape index (κ3) is 5.84. The van der Waals surface area contributed by atoms with Crippen LogP contribution in [-0.2, 0) is 0 Å². The van der Waals surface area contributed by atoms with Crippen LogP contribution in [0.15, 0.2) is 200 Å². The van der Waals surface area contributed by atoms with Crippen LogP contribution in [0.5, 0.6) is 0 Å². The summed E-state index contributed by atoms with van der Waals surface area (Å²) in [5, 5.41) is 41.1. The number of hydrogen-bond donors (Lipinski definition) is 0. The molecule has 13 aromatic rings. The normalized spacial score (nSPS) is 11.4. The number of para-hydroxylation sites is 3. The number of rotatable bonds is 6. The van der Waals surface area contributed by atoms with Gasteiger partial charge in [0.1, 0.15) is 51.8 Å². The van der Waals surface area contributed by atoms with Gasteiger partial charge in [0, 0.05) is 49.0 Å². The fourth-order valence-electron chi connectivity index (χ4n) is 10.2. The molecule has 0 aliphatic carbocycles. The maximum atomic E-state index is 12.0. The van der Waals surface area contributed by atoms with E-state index in [0.29, 0.717) is 16.9 Å². The molecule has 13 rings (SSSR count). The lowest BCUT2D eigenvalue weighted by Gasteiger charge is -2.23. The minimum atomic E-state index is 0.106. The minimum absolute atomic E-state index is 0.106. The molecular weight excluding hydrogens is 847 g/mol. The Hall–Kier alpha value is -10.1. The summed E-state index contributed by atoms with van der Waals surface area (Å²) in [6.45, 7) is 0. The molecule has 0 N–H and O–H groups in total. The van der Waals surface area contributed by atoms with Gasteiger partial charge in [-0.05, 0) is 54.6 Å². The molecule has 6 heterocycles. The molecule has 0 amide bonds. The van der Waals surface area contributed by atoms with Crippen LogP contribution in [0.2, 0.25) is 0 Å². The summed E-state index contributed by atoms with van der Waals surface area (Å²) in [6.07, 6.45) is 0. The van der Waals surface area contributed by atoms with Crippen LogP contribution in [0.4, 0.5) is 0 Å². The molecule has 0 aliphatic heterocycles. The first-order valence-electron chi connectivity index (χ1n) is 22.5. The molecule has 318 valence electrons. The number of hydrogen-bond acceptors (Lipinski definition) is 6. The van der Waals surface area contributed by atoms with E-state index >= 15 is 0 Å². The minimum Gasteiger partial charge on any atom is -0.291 e. The van der Waals surface area contributed by atoms with Gasteiger partial charge in [-0.3, -0.25) is 13.7 Å². The molecule has 0 unspecified atom stereocenters. The Kier molecular flexibility index (Phi) is 8.82. The summed E-state index contributed by atoms with van der Waals surface area (Å²) >= 11 is 0. The van der Waals surface area contributed by atoms with E-state index in [9.17, 15) is 15.8 Å². The molecule has 0 atom stereocenters. The Morgan fingerprint density at radius 2 is 0.536 bits per heavy atom. The molecule has 7 aromatic carbocycles. The van der Waals surface area contributed by atoms with Gasteiger partial charge < -0.3 is 0 Å². The van der Waals surface area contributed by atoms with Crippen LogP contribution in [0.25, 0.3) is 117 Å². The number of nitriles is 3. The second kappa shape index (κ2) is 15.5. The molecule has 0 fully saturated rings. The van der Waals surface area contributed by atoms with E-state index in [1.807, 2.05) is 196 Å². The summed E-state index contributed by atoms with van der Waals surface area (Å²) in [5.41, 5.74) is 9.90. The van der Waals surface area contributed by atoms with Crippen molar-refractivity contribution in [3.05, 3.63) is 217 Å². The average molecular weight is 880 g/mol. The molecule has 0 bridgehead atoms. The van der Waals surface area contributed by atoms with E-state index in [1.54, 1.807) is 0 Å². The number of pyridine rings is 3. The van der Waals surface area contributed by atoms with Crippen molar-refractivity contribution in [2.24, 2.45) is 0 Å². The maximum Gasteiger partial charge on any atom is 0.146 e. The summed E-state index contributed by atoms with van der Waals surface area (Å²) in [7, 11) is 0. The lowest BCUT2D eigenvalue weighted by Crippen LogP contribution is -2.15. The Bertz CT molecular complexity index is 3920. The third-order valence-corrected chi connectivity index (χ3v) is 13.2. The zero-order valence-electron chi connectivity index (χ0n) is 36.6. The highest BCUT2D eigenvalue weighted by molar-refractivity contribution is 6.13. The molecule has 0 spiro atoms. The first-order valence-corrected chi connectivity index (χ1v) is 22.5. The number of benzene rings is 7. The Morgan fingerprint density at radius 3 is 0.812 bits per heavy atom. The van der Waals surface area contributed by atoms with E-state index in [2.05, 4.69) is 36.4 Å². The lowest BCUT2D eigenvalue weighted by molar-refractivity contribution is 1.04. The molecule has 9 nitrogen and oxygen atoms in total. The summed E-state index contributed by atoms with van der Waals surface area (Å²) in [6, 6.07) is 73.6. The van der Waals surface area contributed by atoms with Gasteiger partial charge in [0.25, 0.3) is 0 Å². The van der Waals surface area contributed by atoms with Crippen molar-refractivity contribution >= 4 is 65.8 Å². The molecule has 0 aliphatic rings. The van der Waals surface area contributed by atoms with Crippen molar-refractivity contribution in [3.8, 4) is 69.0 Å². The lowest BCUT2D eigenvalue weighted by atomic mass is 9.96. The molecule has 0 saturated heterocycles. The first-order chi connectivity index (χ1) is 34.1. The number of nitrogens with zero attached hydrogens (tertiary/aromatic N) is 9. The highest BCUT2D eigenvalue weighted by atomic mass is 15.1.